The van der Waals surface area contributed by atoms with Crippen molar-refractivity contribution in [2.24, 2.45) is 0 Å². The van der Waals surface area contributed by atoms with Gasteiger partial charge in [-0.2, -0.15) is 5.10 Å². The molecule has 5 heteroatoms. The topological polar surface area (TPSA) is 61.0 Å². The lowest BCUT2D eigenvalue weighted by Gasteiger charge is -2.21. The minimum Gasteiger partial charge on any atom is -0.341 e. The highest BCUT2D eigenvalue weighted by atomic mass is 16.2. The van der Waals surface area contributed by atoms with E-state index in [4.69, 9.17) is 0 Å². The first kappa shape index (κ1) is 14.8. The third kappa shape index (κ3) is 3.36. The molecular weight excluding hydrogens is 276 g/mol. The molecule has 1 aromatic heterocycles. The second-order valence-corrected chi connectivity index (χ2v) is 5.86. The van der Waals surface area contributed by atoms with Gasteiger partial charge in [-0.15, -0.1) is 0 Å². The number of amides is 1. The van der Waals surface area contributed by atoms with Crippen molar-refractivity contribution in [3.63, 3.8) is 0 Å². The largest absolute Gasteiger partial charge is 0.341 e. The molecule has 1 aliphatic rings. The molecular formula is C17H22N4O. The highest BCUT2D eigenvalue weighted by Gasteiger charge is 2.21. The molecule has 3 rings (SSSR count). The molecule has 2 aromatic rings. The Morgan fingerprint density at radius 2 is 2.18 bits per heavy atom. The zero-order chi connectivity index (χ0) is 15.4. The predicted molar refractivity (Wildman–Crippen MR) is 86.1 cm³/mol. The van der Waals surface area contributed by atoms with Crippen LogP contribution in [0.4, 0.5) is 0 Å². The van der Waals surface area contributed by atoms with Gasteiger partial charge < -0.3 is 10.2 Å². The summed E-state index contributed by atoms with van der Waals surface area (Å²) in [7, 11) is 0. The van der Waals surface area contributed by atoms with Crippen LogP contribution in [0.2, 0.25) is 0 Å². The van der Waals surface area contributed by atoms with Gasteiger partial charge in [-0.3, -0.25) is 9.89 Å². The van der Waals surface area contributed by atoms with Gasteiger partial charge >= 0.3 is 0 Å². The molecule has 1 aromatic carbocycles. The molecule has 2 heterocycles. The maximum atomic E-state index is 11.7. The van der Waals surface area contributed by atoms with Crippen LogP contribution in [0.3, 0.4) is 0 Å². The second-order valence-electron chi connectivity index (χ2n) is 5.86. The van der Waals surface area contributed by atoms with Crippen molar-refractivity contribution in [3.8, 4) is 11.3 Å². The molecule has 0 radical (unpaired) electrons. The van der Waals surface area contributed by atoms with Gasteiger partial charge in [0.2, 0.25) is 5.91 Å². The number of rotatable bonds is 6. The van der Waals surface area contributed by atoms with Gasteiger partial charge in [0.25, 0.3) is 0 Å². The molecule has 1 atom stereocenters. The molecule has 2 N–H and O–H groups in total. The Morgan fingerprint density at radius 3 is 2.91 bits per heavy atom. The summed E-state index contributed by atoms with van der Waals surface area (Å²) in [5, 5.41) is 10.7. The maximum Gasteiger partial charge on any atom is 0.222 e. The van der Waals surface area contributed by atoms with Gasteiger partial charge in [0, 0.05) is 37.7 Å². The van der Waals surface area contributed by atoms with Crippen molar-refractivity contribution in [2.75, 3.05) is 13.1 Å². The van der Waals surface area contributed by atoms with Crippen LogP contribution in [-0.2, 0) is 11.3 Å². The van der Waals surface area contributed by atoms with Crippen LogP contribution in [0.5, 0.6) is 0 Å². The highest BCUT2D eigenvalue weighted by Crippen LogP contribution is 2.20. The summed E-state index contributed by atoms with van der Waals surface area (Å²) in [5.74, 6) is 0.280. The maximum absolute atomic E-state index is 11.7. The van der Waals surface area contributed by atoms with E-state index in [1.54, 1.807) is 0 Å². The van der Waals surface area contributed by atoms with Crippen molar-refractivity contribution in [1.29, 1.82) is 0 Å². The number of nitrogens with one attached hydrogen (secondary N) is 2. The van der Waals surface area contributed by atoms with Crippen molar-refractivity contribution in [2.45, 2.75) is 32.4 Å². The normalized spacial score (nSPS) is 16.2. The number of aromatic amines is 1. The minimum atomic E-state index is 0.264. The smallest absolute Gasteiger partial charge is 0.222 e. The van der Waals surface area contributed by atoms with Crippen LogP contribution in [-0.4, -0.2) is 40.1 Å². The number of H-pyrrole nitrogens is 1. The van der Waals surface area contributed by atoms with Crippen LogP contribution < -0.4 is 5.32 Å². The Morgan fingerprint density at radius 1 is 1.36 bits per heavy atom. The summed E-state index contributed by atoms with van der Waals surface area (Å²) in [4.78, 5) is 13.6. The third-order valence-corrected chi connectivity index (χ3v) is 4.09. The summed E-state index contributed by atoms with van der Waals surface area (Å²) >= 11 is 0. The Kier molecular flexibility index (Phi) is 4.53. The molecule has 1 saturated heterocycles. The van der Waals surface area contributed by atoms with E-state index in [1.165, 1.54) is 0 Å². The number of carbonyl (C=O) groups is 1. The monoisotopic (exact) mass is 298 g/mol. The van der Waals surface area contributed by atoms with Crippen LogP contribution >= 0.6 is 0 Å². The Hall–Kier alpha value is -2.14. The molecule has 22 heavy (non-hydrogen) atoms. The zero-order valence-electron chi connectivity index (χ0n) is 12.9. The summed E-state index contributed by atoms with van der Waals surface area (Å²) in [6.07, 6.45) is 3.56. The molecule has 1 amide bonds. The fourth-order valence-electron chi connectivity index (χ4n) is 2.88. The third-order valence-electron chi connectivity index (χ3n) is 4.09. The first-order valence-corrected chi connectivity index (χ1v) is 7.83. The van der Waals surface area contributed by atoms with Gasteiger partial charge in [0.05, 0.1) is 11.9 Å². The van der Waals surface area contributed by atoms with E-state index in [9.17, 15) is 4.79 Å². The van der Waals surface area contributed by atoms with E-state index in [0.717, 1.165) is 42.9 Å². The lowest BCUT2D eigenvalue weighted by molar-refractivity contribution is -0.127. The molecule has 1 aliphatic heterocycles. The van der Waals surface area contributed by atoms with Gasteiger partial charge in [-0.1, -0.05) is 30.3 Å². The van der Waals surface area contributed by atoms with E-state index >= 15 is 0 Å². The van der Waals surface area contributed by atoms with Crippen molar-refractivity contribution in [3.05, 3.63) is 42.1 Å². The first-order chi connectivity index (χ1) is 10.7. The number of hydrogen-bond acceptors (Lipinski definition) is 3. The molecule has 0 unspecified atom stereocenters. The number of aromatic nitrogens is 2. The predicted octanol–water partition coefficient (Wildman–Crippen LogP) is 2.18. The Balaban J connectivity index is 1.58. The molecule has 0 spiro atoms. The fourth-order valence-corrected chi connectivity index (χ4v) is 2.88. The van der Waals surface area contributed by atoms with E-state index in [-0.39, 0.29) is 11.9 Å². The second kappa shape index (κ2) is 6.75. The van der Waals surface area contributed by atoms with E-state index in [2.05, 4.69) is 34.6 Å². The minimum absolute atomic E-state index is 0.264. The Labute approximate surface area is 130 Å². The summed E-state index contributed by atoms with van der Waals surface area (Å²) < 4.78 is 0. The number of nitrogens with zero attached hydrogens (tertiary/aromatic N) is 2. The SMILES string of the molecule is C[C@H](CN1CCCC1=O)NCc1cn[nH]c1-c1ccccc1. The van der Waals surface area contributed by atoms with Crippen LogP contribution in [0.15, 0.2) is 36.5 Å². The molecule has 0 bridgehead atoms. The Bertz CT molecular complexity index is 623. The average Bonchev–Trinajstić information content (AvgIpc) is 3.16. The van der Waals surface area contributed by atoms with Crippen molar-refractivity contribution < 1.29 is 4.79 Å². The van der Waals surface area contributed by atoms with E-state index in [0.29, 0.717) is 6.42 Å². The van der Waals surface area contributed by atoms with Crippen LogP contribution in [0, 0.1) is 0 Å². The first-order valence-electron chi connectivity index (χ1n) is 7.83. The van der Waals surface area contributed by atoms with Crippen LogP contribution in [0.25, 0.3) is 11.3 Å². The number of carbonyl (C=O) groups excluding carboxylic acids is 1. The highest BCUT2D eigenvalue weighted by molar-refractivity contribution is 5.78. The molecule has 116 valence electrons. The van der Waals surface area contributed by atoms with Crippen molar-refractivity contribution >= 4 is 5.91 Å². The quantitative estimate of drug-likeness (QED) is 0.859. The van der Waals surface area contributed by atoms with Gasteiger partial charge in [0.15, 0.2) is 0 Å². The van der Waals surface area contributed by atoms with Gasteiger partial charge in [-0.05, 0) is 18.9 Å². The van der Waals surface area contributed by atoms with Crippen LogP contribution in [0.1, 0.15) is 25.3 Å². The lowest BCUT2D eigenvalue weighted by Crippen LogP contribution is -2.39. The lowest BCUT2D eigenvalue weighted by atomic mass is 10.1. The standard InChI is InChI=1S/C17H22N4O/c1-13(12-21-9-5-8-16(21)22)18-10-15-11-19-20-17(15)14-6-3-2-4-7-14/h2-4,6-7,11,13,18H,5,8-10,12H2,1H3,(H,19,20)/t13-/m1/s1. The average molecular weight is 298 g/mol. The van der Waals surface area contributed by atoms with E-state index < -0.39 is 0 Å². The summed E-state index contributed by atoms with van der Waals surface area (Å²) in [6.45, 7) is 4.53. The molecule has 0 saturated carbocycles. The number of hydrogen-bond donors (Lipinski definition) is 2. The number of benzene rings is 1. The van der Waals surface area contributed by atoms with Gasteiger partial charge in [0.1, 0.15) is 0 Å². The molecule has 0 aliphatic carbocycles. The molecule has 5 nitrogen and oxygen atoms in total. The fraction of sp³-hybridized carbons (Fsp3) is 0.412. The van der Waals surface area contributed by atoms with Gasteiger partial charge in [-0.25, -0.2) is 0 Å². The molecule has 1 fully saturated rings. The number of likely N-dealkylation sites (tertiary alicyclic amines) is 1. The van der Waals surface area contributed by atoms with E-state index in [1.807, 2.05) is 29.3 Å². The summed E-state index contributed by atoms with van der Waals surface area (Å²) in [5.41, 5.74) is 3.34. The summed E-state index contributed by atoms with van der Waals surface area (Å²) in [6, 6.07) is 10.5. The van der Waals surface area contributed by atoms with Crippen molar-refractivity contribution in [1.82, 2.24) is 20.4 Å². The zero-order valence-corrected chi connectivity index (χ0v) is 12.9.